The molecule has 0 saturated heterocycles. The van der Waals surface area contributed by atoms with E-state index in [-0.39, 0.29) is 31.1 Å². The highest BCUT2D eigenvalue weighted by Gasteiger charge is 2.19. The molecule has 0 aromatic rings. The second-order valence-electron chi connectivity index (χ2n) is 14.9. The Hall–Kier alpha value is -1.59. The van der Waals surface area contributed by atoms with Gasteiger partial charge in [-0.1, -0.05) is 195 Å². The molecule has 0 fully saturated rings. The van der Waals surface area contributed by atoms with E-state index in [4.69, 9.17) is 14.2 Å². The quantitative estimate of drug-likeness (QED) is 0.0364. The van der Waals surface area contributed by atoms with Gasteiger partial charge in [0.2, 0.25) is 0 Å². The molecule has 0 aromatic heterocycles. The Bertz CT molecular complexity index is 738. The molecule has 2 atom stereocenters. The first kappa shape index (κ1) is 47.4. The minimum atomic E-state index is -0.758. The maximum absolute atomic E-state index is 12.7. The zero-order chi connectivity index (χ0) is 36.0. The smallest absolute Gasteiger partial charge is 0.306 e. The molecule has 0 aliphatic heterocycles. The van der Waals surface area contributed by atoms with Gasteiger partial charge in [-0.05, 0) is 25.2 Å². The minimum absolute atomic E-state index is 0.0651. The van der Waals surface area contributed by atoms with Crippen molar-refractivity contribution in [3.63, 3.8) is 0 Å². The lowest BCUT2D eigenvalue weighted by molar-refractivity contribution is -0.167. The van der Waals surface area contributed by atoms with Crippen molar-refractivity contribution in [3.8, 4) is 0 Å². The van der Waals surface area contributed by atoms with Crippen molar-refractivity contribution < 1.29 is 28.6 Å². The lowest BCUT2D eigenvalue weighted by atomic mass is 10.00. The van der Waals surface area contributed by atoms with Crippen LogP contribution in [0.5, 0.6) is 0 Å². The summed E-state index contributed by atoms with van der Waals surface area (Å²) in [6.07, 6.45) is 35.1. The summed E-state index contributed by atoms with van der Waals surface area (Å²) < 4.78 is 16.6. The van der Waals surface area contributed by atoms with Crippen molar-refractivity contribution in [1.29, 1.82) is 0 Å². The van der Waals surface area contributed by atoms with Crippen molar-refractivity contribution >= 4 is 17.9 Å². The fraction of sp³-hybridized carbons (Fsp3) is 0.930. The monoisotopic (exact) mass is 695 g/mol. The molecule has 290 valence electrons. The van der Waals surface area contributed by atoms with Gasteiger partial charge in [-0.2, -0.15) is 0 Å². The third-order valence-corrected chi connectivity index (χ3v) is 9.90. The number of rotatable bonds is 38. The first-order valence-electron chi connectivity index (χ1n) is 21.4. The maximum atomic E-state index is 12.7. The van der Waals surface area contributed by atoms with Gasteiger partial charge in [0, 0.05) is 19.3 Å². The average Bonchev–Trinajstić information content (AvgIpc) is 3.10. The van der Waals surface area contributed by atoms with E-state index in [1.807, 2.05) is 0 Å². The van der Waals surface area contributed by atoms with Crippen molar-refractivity contribution in [2.24, 2.45) is 5.92 Å². The fourth-order valence-electron chi connectivity index (χ4n) is 6.24. The molecule has 0 aromatic carbocycles. The van der Waals surface area contributed by atoms with Crippen LogP contribution in [0.15, 0.2) is 0 Å². The summed E-state index contributed by atoms with van der Waals surface area (Å²) in [5.41, 5.74) is 0. The lowest BCUT2D eigenvalue weighted by Crippen LogP contribution is -2.30. The Morgan fingerprint density at radius 1 is 0.408 bits per heavy atom. The molecule has 49 heavy (non-hydrogen) atoms. The summed E-state index contributed by atoms with van der Waals surface area (Å²) in [5.74, 6) is -0.0489. The van der Waals surface area contributed by atoms with Crippen LogP contribution >= 0.6 is 0 Å². The number of unbranched alkanes of at least 4 members (excludes halogenated alkanes) is 24. The van der Waals surface area contributed by atoms with E-state index in [0.717, 1.165) is 63.7 Å². The van der Waals surface area contributed by atoms with Gasteiger partial charge in [0.1, 0.15) is 13.2 Å². The normalized spacial score (nSPS) is 12.5. The van der Waals surface area contributed by atoms with Crippen LogP contribution in [0.1, 0.15) is 233 Å². The number of ether oxygens (including phenoxy) is 3. The number of esters is 3. The van der Waals surface area contributed by atoms with E-state index in [9.17, 15) is 14.4 Å². The molecule has 6 heteroatoms. The summed E-state index contributed by atoms with van der Waals surface area (Å²) >= 11 is 0. The zero-order valence-electron chi connectivity index (χ0n) is 33.1. The Labute approximate surface area is 304 Å². The largest absolute Gasteiger partial charge is 0.462 e. The van der Waals surface area contributed by atoms with Gasteiger partial charge in [0.15, 0.2) is 6.10 Å². The molecule has 0 N–H and O–H groups in total. The Balaban J connectivity index is 4.35. The van der Waals surface area contributed by atoms with E-state index in [1.165, 1.54) is 128 Å². The molecule has 0 saturated carbocycles. The van der Waals surface area contributed by atoms with Gasteiger partial charge in [0.25, 0.3) is 0 Å². The van der Waals surface area contributed by atoms with Gasteiger partial charge in [-0.3, -0.25) is 14.4 Å². The molecule has 0 rings (SSSR count). The predicted molar refractivity (Wildman–Crippen MR) is 206 cm³/mol. The van der Waals surface area contributed by atoms with Crippen LogP contribution < -0.4 is 0 Å². The van der Waals surface area contributed by atoms with Gasteiger partial charge < -0.3 is 14.2 Å². The van der Waals surface area contributed by atoms with Crippen molar-refractivity contribution in [2.75, 3.05) is 13.2 Å². The predicted octanol–water partition coefficient (Wildman–Crippen LogP) is 13.2. The standard InChI is InChI=1S/C43H82O6/c1-5-8-10-12-14-16-17-18-20-22-28-32-36-43(46)49-40(37-47-41(44)34-30-26-21-19-15-13-11-9-6-2)38-48-42(45)35-31-27-24-23-25-29-33-39(4)7-3/h39-40H,5-38H2,1-4H3/t39?,40-/m0/s1. The summed E-state index contributed by atoms with van der Waals surface area (Å²) in [6.45, 7) is 8.93. The molecule has 0 heterocycles. The van der Waals surface area contributed by atoms with Crippen LogP contribution in [0.3, 0.4) is 0 Å². The van der Waals surface area contributed by atoms with Crippen molar-refractivity contribution in [2.45, 2.75) is 239 Å². The number of carbonyl (C=O) groups excluding carboxylic acids is 3. The highest BCUT2D eigenvalue weighted by Crippen LogP contribution is 2.16. The van der Waals surface area contributed by atoms with Gasteiger partial charge in [-0.25, -0.2) is 0 Å². The van der Waals surface area contributed by atoms with Gasteiger partial charge >= 0.3 is 17.9 Å². The molecule has 0 aliphatic carbocycles. The molecular weight excluding hydrogens is 612 g/mol. The summed E-state index contributed by atoms with van der Waals surface area (Å²) in [6, 6.07) is 0. The molecule has 1 unspecified atom stereocenters. The first-order valence-corrected chi connectivity index (χ1v) is 21.4. The summed E-state index contributed by atoms with van der Waals surface area (Å²) in [5, 5.41) is 0. The van der Waals surface area contributed by atoms with Crippen LogP contribution in [0.2, 0.25) is 0 Å². The van der Waals surface area contributed by atoms with Gasteiger partial charge in [0.05, 0.1) is 0 Å². The molecule has 0 amide bonds. The van der Waals surface area contributed by atoms with Gasteiger partial charge in [-0.15, -0.1) is 0 Å². The van der Waals surface area contributed by atoms with Crippen molar-refractivity contribution in [3.05, 3.63) is 0 Å². The average molecular weight is 695 g/mol. The van der Waals surface area contributed by atoms with Crippen LogP contribution in [0.25, 0.3) is 0 Å². The second-order valence-corrected chi connectivity index (χ2v) is 14.9. The molecule has 6 nitrogen and oxygen atoms in total. The number of hydrogen-bond acceptors (Lipinski definition) is 6. The van der Waals surface area contributed by atoms with E-state index in [2.05, 4.69) is 27.7 Å². The Morgan fingerprint density at radius 3 is 1.06 bits per heavy atom. The number of carbonyl (C=O) groups is 3. The van der Waals surface area contributed by atoms with Crippen LogP contribution in [-0.2, 0) is 28.6 Å². The summed E-state index contributed by atoms with van der Waals surface area (Å²) in [7, 11) is 0. The Morgan fingerprint density at radius 2 is 0.714 bits per heavy atom. The second kappa shape index (κ2) is 37.7. The maximum Gasteiger partial charge on any atom is 0.306 e. The van der Waals surface area contributed by atoms with E-state index in [1.54, 1.807) is 0 Å². The van der Waals surface area contributed by atoms with Crippen LogP contribution in [-0.4, -0.2) is 37.2 Å². The molecule has 0 bridgehead atoms. The van der Waals surface area contributed by atoms with E-state index in [0.29, 0.717) is 19.3 Å². The van der Waals surface area contributed by atoms with E-state index < -0.39 is 6.10 Å². The lowest BCUT2D eigenvalue weighted by Gasteiger charge is -2.18. The fourth-order valence-corrected chi connectivity index (χ4v) is 6.24. The highest BCUT2D eigenvalue weighted by atomic mass is 16.6. The Kier molecular flexibility index (Phi) is 36.4. The van der Waals surface area contributed by atoms with E-state index >= 15 is 0 Å². The molecule has 0 aliphatic rings. The first-order chi connectivity index (χ1) is 23.9. The van der Waals surface area contributed by atoms with Crippen molar-refractivity contribution in [1.82, 2.24) is 0 Å². The summed E-state index contributed by atoms with van der Waals surface area (Å²) in [4.78, 5) is 37.5. The SMILES string of the molecule is CCCCCCCCCCCCCCC(=O)O[C@@H](COC(=O)CCCCCCCCCCC)COC(=O)CCCCCCCCC(C)CC. The third-order valence-electron chi connectivity index (χ3n) is 9.90. The minimum Gasteiger partial charge on any atom is -0.462 e. The van der Waals surface area contributed by atoms with Crippen LogP contribution in [0.4, 0.5) is 0 Å². The topological polar surface area (TPSA) is 78.9 Å². The molecule has 0 spiro atoms. The highest BCUT2D eigenvalue weighted by molar-refractivity contribution is 5.71. The molecule has 0 radical (unpaired) electrons. The number of hydrogen-bond donors (Lipinski definition) is 0. The van der Waals surface area contributed by atoms with Crippen LogP contribution in [0, 0.1) is 5.92 Å². The third kappa shape index (κ3) is 36.0. The molecular formula is C43H82O6. The zero-order valence-corrected chi connectivity index (χ0v) is 33.1.